The van der Waals surface area contributed by atoms with Crippen molar-refractivity contribution < 1.29 is 14.6 Å². The molecule has 0 bridgehead atoms. The van der Waals surface area contributed by atoms with Crippen molar-refractivity contribution in [2.75, 3.05) is 39.4 Å². The van der Waals surface area contributed by atoms with E-state index >= 15 is 0 Å². The van der Waals surface area contributed by atoms with Crippen molar-refractivity contribution in [1.82, 2.24) is 9.80 Å². The first-order chi connectivity index (χ1) is 11.7. The zero-order valence-corrected chi connectivity index (χ0v) is 14.3. The number of carbonyl (C=O) groups is 1. The van der Waals surface area contributed by atoms with E-state index in [1.54, 1.807) is 0 Å². The molecule has 1 aromatic rings. The topological polar surface area (TPSA) is 53.0 Å². The Balaban J connectivity index is 1.51. The standard InChI is InChI=1S/C19H28N2O3/c22-14-17-6-4-8-20(13-17)12-16-5-3-7-18(11-16)24-15-19(23)21-9-1-2-10-21/h3,5,7,11,17,22H,1-2,4,6,8-10,12-15H2. The van der Waals surface area contributed by atoms with Gasteiger partial charge in [-0.05, 0) is 55.8 Å². The lowest BCUT2D eigenvalue weighted by molar-refractivity contribution is -0.132. The molecule has 0 saturated carbocycles. The first-order valence-corrected chi connectivity index (χ1v) is 9.07. The summed E-state index contributed by atoms with van der Waals surface area (Å²) >= 11 is 0. The molecule has 3 rings (SSSR count). The summed E-state index contributed by atoms with van der Waals surface area (Å²) in [5.74, 6) is 1.24. The molecule has 5 heteroatoms. The molecule has 2 heterocycles. The van der Waals surface area contributed by atoms with E-state index in [0.29, 0.717) is 5.92 Å². The minimum atomic E-state index is 0.0831. The van der Waals surface area contributed by atoms with Gasteiger partial charge in [-0.15, -0.1) is 0 Å². The van der Waals surface area contributed by atoms with Crippen molar-refractivity contribution in [2.45, 2.75) is 32.2 Å². The normalized spacial score (nSPS) is 21.9. The van der Waals surface area contributed by atoms with Crippen LogP contribution in [0.1, 0.15) is 31.2 Å². The second kappa shape index (κ2) is 8.49. The van der Waals surface area contributed by atoms with Gasteiger partial charge in [0.05, 0.1) is 0 Å². The maximum Gasteiger partial charge on any atom is 0.260 e. The number of hydrogen-bond acceptors (Lipinski definition) is 4. The average molecular weight is 332 g/mol. The molecule has 132 valence electrons. The van der Waals surface area contributed by atoms with Crippen molar-refractivity contribution in [2.24, 2.45) is 5.92 Å². The van der Waals surface area contributed by atoms with Crippen LogP contribution in [0.2, 0.25) is 0 Å². The van der Waals surface area contributed by atoms with Crippen LogP contribution in [-0.2, 0) is 11.3 Å². The number of aliphatic hydroxyl groups is 1. The molecule has 1 atom stereocenters. The molecule has 5 nitrogen and oxygen atoms in total. The van der Waals surface area contributed by atoms with Gasteiger partial charge in [0, 0.05) is 32.8 Å². The molecule has 0 aliphatic carbocycles. The minimum absolute atomic E-state index is 0.0831. The molecule has 1 N–H and O–H groups in total. The summed E-state index contributed by atoms with van der Waals surface area (Å²) in [5.41, 5.74) is 1.19. The molecule has 2 fully saturated rings. The lowest BCUT2D eigenvalue weighted by Gasteiger charge is -2.31. The van der Waals surface area contributed by atoms with E-state index in [9.17, 15) is 9.90 Å². The van der Waals surface area contributed by atoms with Gasteiger partial charge in [-0.25, -0.2) is 0 Å². The zero-order chi connectivity index (χ0) is 16.8. The fourth-order valence-corrected chi connectivity index (χ4v) is 3.64. The van der Waals surface area contributed by atoms with Crippen LogP contribution in [0.5, 0.6) is 5.75 Å². The Hall–Kier alpha value is -1.59. The van der Waals surface area contributed by atoms with Crippen LogP contribution in [0.25, 0.3) is 0 Å². The fraction of sp³-hybridized carbons (Fsp3) is 0.632. The highest BCUT2D eigenvalue weighted by atomic mass is 16.5. The first-order valence-electron chi connectivity index (χ1n) is 9.07. The van der Waals surface area contributed by atoms with Crippen LogP contribution < -0.4 is 4.74 Å². The second-order valence-electron chi connectivity index (χ2n) is 6.95. The van der Waals surface area contributed by atoms with Crippen molar-refractivity contribution in [3.63, 3.8) is 0 Å². The Morgan fingerprint density at radius 3 is 2.83 bits per heavy atom. The smallest absolute Gasteiger partial charge is 0.260 e. The van der Waals surface area contributed by atoms with Gasteiger partial charge < -0.3 is 14.7 Å². The Labute approximate surface area is 144 Å². The molecule has 0 aromatic heterocycles. The number of aliphatic hydroxyl groups excluding tert-OH is 1. The SMILES string of the molecule is O=C(COc1cccc(CN2CCCC(CO)C2)c1)N1CCCC1. The van der Waals surface area contributed by atoms with Crippen LogP contribution in [0.3, 0.4) is 0 Å². The summed E-state index contributed by atoms with van der Waals surface area (Å²) in [6.45, 7) is 5.03. The predicted molar refractivity (Wildman–Crippen MR) is 92.8 cm³/mol. The number of benzene rings is 1. The molecule has 2 saturated heterocycles. The molecule has 1 amide bonds. The van der Waals surface area contributed by atoms with Crippen LogP contribution in [-0.4, -0.2) is 60.2 Å². The Morgan fingerprint density at radius 1 is 1.21 bits per heavy atom. The summed E-state index contributed by atoms with van der Waals surface area (Å²) < 4.78 is 5.70. The molecule has 2 aliphatic heterocycles. The summed E-state index contributed by atoms with van der Waals surface area (Å²) in [4.78, 5) is 16.3. The number of carbonyl (C=O) groups excluding carboxylic acids is 1. The quantitative estimate of drug-likeness (QED) is 0.864. The van der Waals surface area contributed by atoms with Crippen molar-refractivity contribution >= 4 is 5.91 Å². The largest absolute Gasteiger partial charge is 0.484 e. The van der Waals surface area contributed by atoms with Crippen molar-refractivity contribution in [1.29, 1.82) is 0 Å². The molecular formula is C19H28N2O3. The van der Waals surface area contributed by atoms with Gasteiger partial charge in [0.1, 0.15) is 5.75 Å². The van der Waals surface area contributed by atoms with E-state index in [2.05, 4.69) is 11.0 Å². The van der Waals surface area contributed by atoms with Crippen molar-refractivity contribution in [3.05, 3.63) is 29.8 Å². The number of ether oxygens (including phenoxy) is 1. The lowest BCUT2D eigenvalue weighted by atomic mass is 9.98. The monoisotopic (exact) mass is 332 g/mol. The highest BCUT2D eigenvalue weighted by molar-refractivity contribution is 5.78. The van der Waals surface area contributed by atoms with Gasteiger partial charge in [0.2, 0.25) is 0 Å². The van der Waals surface area contributed by atoms with Crippen LogP contribution in [0.4, 0.5) is 0 Å². The van der Waals surface area contributed by atoms with E-state index in [4.69, 9.17) is 4.74 Å². The predicted octanol–water partition coefficient (Wildman–Crippen LogP) is 1.89. The van der Waals surface area contributed by atoms with E-state index in [1.165, 1.54) is 5.56 Å². The van der Waals surface area contributed by atoms with Gasteiger partial charge >= 0.3 is 0 Å². The maximum absolute atomic E-state index is 12.1. The molecular weight excluding hydrogens is 304 g/mol. The summed E-state index contributed by atoms with van der Waals surface area (Å²) in [7, 11) is 0. The Bertz CT molecular complexity index is 543. The number of hydrogen-bond donors (Lipinski definition) is 1. The van der Waals surface area contributed by atoms with Gasteiger partial charge in [0.15, 0.2) is 6.61 Å². The van der Waals surface area contributed by atoms with Gasteiger partial charge in [-0.2, -0.15) is 0 Å². The molecule has 2 aliphatic rings. The lowest BCUT2D eigenvalue weighted by Crippen LogP contribution is -2.36. The number of nitrogens with zero attached hydrogens (tertiary/aromatic N) is 2. The van der Waals surface area contributed by atoms with Crippen molar-refractivity contribution in [3.8, 4) is 5.75 Å². The molecule has 0 radical (unpaired) electrons. The minimum Gasteiger partial charge on any atom is -0.484 e. The summed E-state index contributed by atoms with van der Waals surface area (Å²) in [5, 5.41) is 9.35. The third-order valence-corrected chi connectivity index (χ3v) is 4.99. The third kappa shape index (κ3) is 4.71. The van der Waals surface area contributed by atoms with E-state index in [1.807, 2.05) is 23.1 Å². The number of rotatable bonds is 6. The van der Waals surface area contributed by atoms with Crippen LogP contribution in [0, 0.1) is 5.92 Å². The summed E-state index contributed by atoms with van der Waals surface area (Å²) in [6, 6.07) is 8.02. The summed E-state index contributed by atoms with van der Waals surface area (Å²) in [6.07, 6.45) is 4.47. The Kier molecular flexibility index (Phi) is 6.10. The molecule has 1 aromatic carbocycles. The molecule has 0 spiro atoms. The van der Waals surface area contributed by atoms with Gasteiger partial charge in [-0.3, -0.25) is 9.69 Å². The van der Waals surface area contributed by atoms with E-state index in [-0.39, 0.29) is 19.1 Å². The van der Waals surface area contributed by atoms with Gasteiger partial charge in [0.25, 0.3) is 5.91 Å². The van der Waals surface area contributed by atoms with Gasteiger partial charge in [-0.1, -0.05) is 12.1 Å². The number of amides is 1. The highest BCUT2D eigenvalue weighted by Gasteiger charge is 2.20. The Morgan fingerprint density at radius 2 is 2.04 bits per heavy atom. The van der Waals surface area contributed by atoms with E-state index < -0.39 is 0 Å². The number of likely N-dealkylation sites (tertiary alicyclic amines) is 2. The molecule has 24 heavy (non-hydrogen) atoms. The number of piperidine rings is 1. The first kappa shape index (κ1) is 17.2. The molecule has 1 unspecified atom stereocenters. The zero-order valence-electron chi connectivity index (χ0n) is 14.3. The highest BCUT2D eigenvalue weighted by Crippen LogP contribution is 2.20. The maximum atomic E-state index is 12.1. The second-order valence-corrected chi connectivity index (χ2v) is 6.95. The average Bonchev–Trinajstić information content (AvgIpc) is 3.15. The van der Waals surface area contributed by atoms with E-state index in [0.717, 1.165) is 64.2 Å². The fourth-order valence-electron chi connectivity index (χ4n) is 3.64. The van der Waals surface area contributed by atoms with Crippen LogP contribution in [0.15, 0.2) is 24.3 Å². The third-order valence-electron chi connectivity index (χ3n) is 4.99. The van der Waals surface area contributed by atoms with Crippen LogP contribution >= 0.6 is 0 Å².